The Morgan fingerprint density at radius 2 is 1.94 bits per heavy atom. The summed E-state index contributed by atoms with van der Waals surface area (Å²) in [5.41, 5.74) is 1.89. The Morgan fingerprint density at radius 3 is 2.44 bits per heavy atom. The molecule has 0 spiro atoms. The van der Waals surface area contributed by atoms with Crippen molar-refractivity contribution in [3.63, 3.8) is 0 Å². The summed E-state index contributed by atoms with van der Waals surface area (Å²) in [7, 11) is 0. The first-order valence-corrected chi connectivity index (χ1v) is 6.13. The van der Waals surface area contributed by atoms with E-state index >= 15 is 0 Å². The highest BCUT2D eigenvalue weighted by atomic mass is 79.9. The molecule has 16 heavy (non-hydrogen) atoms. The highest BCUT2D eigenvalue weighted by Crippen LogP contribution is 2.16. The van der Waals surface area contributed by atoms with Crippen molar-refractivity contribution in [1.82, 2.24) is 5.32 Å². The van der Waals surface area contributed by atoms with Crippen LogP contribution >= 0.6 is 15.9 Å². The highest BCUT2D eigenvalue weighted by Gasteiger charge is 2.13. The maximum Gasteiger partial charge on any atom is 0.251 e. The molecule has 0 fully saturated rings. The third kappa shape index (κ3) is 4.35. The fraction of sp³-hybridized carbons (Fsp3) is 0.462. The van der Waals surface area contributed by atoms with Gasteiger partial charge in [-0.05, 0) is 36.1 Å². The van der Waals surface area contributed by atoms with Gasteiger partial charge < -0.3 is 5.32 Å². The zero-order chi connectivity index (χ0) is 12.3. The van der Waals surface area contributed by atoms with Crippen LogP contribution in [0.3, 0.4) is 0 Å². The predicted octanol–water partition coefficient (Wildman–Crippen LogP) is 3.53. The van der Waals surface area contributed by atoms with Gasteiger partial charge in [0.1, 0.15) is 0 Å². The maximum atomic E-state index is 11.9. The zero-order valence-corrected chi connectivity index (χ0v) is 11.8. The molecule has 0 bridgehead atoms. The molecule has 0 radical (unpaired) electrons. The van der Waals surface area contributed by atoms with Crippen LogP contribution in [0.5, 0.6) is 0 Å². The molecule has 1 amide bonds. The largest absolute Gasteiger partial charge is 0.352 e. The first-order valence-electron chi connectivity index (χ1n) is 5.33. The fourth-order valence-corrected chi connectivity index (χ4v) is 1.92. The number of hydrogen-bond donors (Lipinski definition) is 1. The van der Waals surface area contributed by atoms with Crippen LogP contribution in [0.2, 0.25) is 0 Å². The third-order valence-electron chi connectivity index (χ3n) is 2.08. The number of rotatable bonds is 2. The number of amides is 1. The van der Waals surface area contributed by atoms with Gasteiger partial charge in [-0.3, -0.25) is 4.79 Å². The summed E-state index contributed by atoms with van der Waals surface area (Å²) in [6.45, 7) is 8.95. The van der Waals surface area contributed by atoms with Gasteiger partial charge in [-0.25, -0.2) is 0 Å². The Kier molecular flexibility index (Phi) is 4.14. The summed E-state index contributed by atoms with van der Waals surface area (Å²) in [6.07, 6.45) is 0. The molecule has 1 aromatic carbocycles. The normalized spacial score (nSPS) is 11.3. The Morgan fingerprint density at radius 1 is 1.31 bits per heavy atom. The van der Waals surface area contributed by atoms with Crippen LogP contribution in [0, 0.1) is 12.3 Å². The number of halogens is 1. The summed E-state index contributed by atoms with van der Waals surface area (Å²) in [5.74, 6) is -0.0145. The lowest BCUT2D eigenvalue weighted by Crippen LogP contribution is -2.32. The summed E-state index contributed by atoms with van der Waals surface area (Å²) in [5, 5.41) is 2.93. The molecular weight excluding hydrogens is 266 g/mol. The second-order valence-corrected chi connectivity index (χ2v) is 6.18. The van der Waals surface area contributed by atoms with E-state index in [-0.39, 0.29) is 11.3 Å². The number of aryl methyl sites for hydroxylation is 1. The third-order valence-corrected chi connectivity index (χ3v) is 2.54. The van der Waals surface area contributed by atoms with Gasteiger partial charge in [0, 0.05) is 16.6 Å². The summed E-state index contributed by atoms with van der Waals surface area (Å²) in [6, 6.07) is 5.72. The van der Waals surface area contributed by atoms with Gasteiger partial charge in [0.2, 0.25) is 0 Å². The molecule has 0 atom stereocenters. The minimum absolute atomic E-state index is 0.0145. The van der Waals surface area contributed by atoms with E-state index in [1.54, 1.807) is 0 Å². The highest BCUT2D eigenvalue weighted by molar-refractivity contribution is 9.10. The minimum atomic E-state index is -0.0145. The smallest absolute Gasteiger partial charge is 0.251 e. The lowest BCUT2D eigenvalue weighted by Gasteiger charge is -2.18. The van der Waals surface area contributed by atoms with Crippen LogP contribution in [0.1, 0.15) is 36.7 Å². The summed E-state index contributed by atoms with van der Waals surface area (Å²) < 4.78 is 0.938. The quantitative estimate of drug-likeness (QED) is 0.884. The molecule has 1 N–H and O–H groups in total. The van der Waals surface area contributed by atoms with E-state index in [9.17, 15) is 4.79 Å². The van der Waals surface area contributed by atoms with Crippen LogP contribution in [0.25, 0.3) is 0 Å². The molecular formula is C13H18BrNO. The molecule has 0 aliphatic heterocycles. The van der Waals surface area contributed by atoms with E-state index in [4.69, 9.17) is 0 Å². The first-order chi connectivity index (χ1) is 7.28. The molecule has 3 heteroatoms. The van der Waals surface area contributed by atoms with Crippen LogP contribution in [0.4, 0.5) is 0 Å². The van der Waals surface area contributed by atoms with Crippen molar-refractivity contribution >= 4 is 21.8 Å². The van der Waals surface area contributed by atoms with Crippen LogP contribution in [-0.2, 0) is 0 Å². The van der Waals surface area contributed by atoms with Crippen molar-refractivity contribution < 1.29 is 4.79 Å². The number of nitrogens with one attached hydrogen (secondary N) is 1. The summed E-state index contributed by atoms with van der Waals surface area (Å²) in [4.78, 5) is 11.9. The van der Waals surface area contributed by atoms with Gasteiger partial charge in [0.05, 0.1) is 0 Å². The Bertz CT molecular complexity index is 373. The van der Waals surface area contributed by atoms with Crippen molar-refractivity contribution in [2.45, 2.75) is 27.7 Å². The average molecular weight is 284 g/mol. The second kappa shape index (κ2) is 5.00. The van der Waals surface area contributed by atoms with Gasteiger partial charge in [0.15, 0.2) is 0 Å². The maximum absolute atomic E-state index is 11.9. The SMILES string of the molecule is Cc1cc(Br)cc(C(=O)NCC(C)(C)C)c1. The van der Waals surface area contributed by atoms with Gasteiger partial charge in [-0.1, -0.05) is 36.7 Å². The Balaban J connectivity index is 2.73. The van der Waals surface area contributed by atoms with Crippen LogP contribution in [0.15, 0.2) is 22.7 Å². The van der Waals surface area contributed by atoms with E-state index in [2.05, 4.69) is 42.0 Å². The van der Waals surface area contributed by atoms with Crippen molar-refractivity contribution in [2.75, 3.05) is 6.54 Å². The number of hydrogen-bond acceptors (Lipinski definition) is 1. The zero-order valence-electron chi connectivity index (χ0n) is 10.2. The molecule has 0 aromatic heterocycles. The molecule has 0 heterocycles. The predicted molar refractivity (Wildman–Crippen MR) is 70.7 cm³/mol. The monoisotopic (exact) mass is 283 g/mol. The van der Waals surface area contributed by atoms with Crippen molar-refractivity contribution in [3.8, 4) is 0 Å². The topological polar surface area (TPSA) is 29.1 Å². The number of carbonyl (C=O) groups excluding carboxylic acids is 1. The molecule has 1 aromatic rings. The average Bonchev–Trinajstić information content (AvgIpc) is 2.11. The van der Waals surface area contributed by atoms with Gasteiger partial charge in [0.25, 0.3) is 5.91 Å². The van der Waals surface area contributed by atoms with Crippen LogP contribution < -0.4 is 5.32 Å². The second-order valence-electron chi connectivity index (χ2n) is 5.26. The summed E-state index contributed by atoms with van der Waals surface area (Å²) >= 11 is 3.39. The van der Waals surface area contributed by atoms with Crippen LogP contribution in [-0.4, -0.2) is 12.5 Å². The van der Waals surface area contributed by atoms with E-state index in [1.807, 2.05) is 25.1 Å². The first kappa shape index (κ1) is 13.2. The molecule has 1 rings (SSSR count). The fourth-order valence-electron chi connectivity index (χ4n) is 1.31. The van der Waals surface area contributed by atoms with Gasteiger partial charge in [-0.15, -0.1) is 0 Å². The van der Waals surface area contributed by atoms with E-state index < -0.39 is 0 Å². The Labute approximate surface area is 106 Å². The molecule has 88 valence electrons. The number of benzene rings is 1. The molecule has 0 saturated heterocycles. The minimum Gasteiger partial charge on any atom is -0.352 e. The lowest BCUT2D eigenvalue weighted by molar-refractivity contribution is 0.0939. The van der Waals surface area contributed by atoms with E-state index in [0.717, 1.165) is 10.0 Å². The molecule has 0 aliphatic rings. The molecule has 2 nitrogen and oxygen atoms in total. The van der Waals surface area contributed by atoms with Crippen molar-refractivity contribution in [1.29, 1.82) is 0 Å². The molecule has 0 aliphatic carbocycles. The standard InChI is InChI=1S/C13H18BrNO/c1-9-5-10(7-11(14)6-9)12(16)15-8-13(2,3)4/h5-7H,8H2,1-4H3,(H,15,16). The van der Waals surface area contributed by atoms with Crippen molar-refractivity contribution in [3.05, 3.63) is 33.8 Å². The number of carbonyl (C=O) groups is 1. The Hall–Kier alpha value is -0.830. The molecule has 0 unspecified atom stereocenters. The molecule has 0 saturated carbocycles. The van der Waals surface area contributed by atoms with E-state index in [0.29, 0.717) is 12.1 Å². The lowest BCUT2D eigenvalue weighted by atomic mass is 9.97. The van der Waals surface area contributed by atoms with Crippen molar-refractivity contribution in [2.24, 2.45) is 5.41 Å². The van der Waals surface area contributed by atoms with Gasteiger partial charge >= 0.3 is 0 Å². The van der Waals surface area contributed by atoms with E-state index in [1.165, 1.54) is 0 Å². The van der Waals surface area contributed by atoms with Gasteiger partial charge in [-0.2, -0.15) is 0 Å².